The van der Waals surface area contributed by atoms with Gasteiger partial charge in [-0.25, -0.2) is 4.79 Å². The molecule has 2 N–H and O–H groups in total. The smallest absolute Gasteiger partial charge is 0.422 e. The number of alkyl carbamates (subject to hydrolysis) is 1. The summed E-state index contributed by atoms with van der Waals surface area (Å²) >= 11 is 0. The molecule has 1 aliphatic rings. The fourth-order valence-electron chi connectivity index (χ4n) is 1.62. The number of aliphatic hydroxyl groups excluding tert-OH is 1. The van der Waals surface area contributed by atoms with Crippen LogP contribution < -0.4 is 5.32 Å². The van der Waals surface area contributed by atoms with Gasteiger partial charge in [0.15, 0.2) is 6.61 Å². The van der Waals surface area contributed by atoms with Gasteiger partial charge in [-0.3, -0.25) is 0 Å². The second kappa shape index (κ2) is 5.38. The third kappa shape index (κ3) is 4.69. The highest BCUT2D eigenvalue weighted by atomic mass is 19.4. The van der Waals surface area contributed by atoms with Crippen molar-refractivity contribution in [3.05, 3.63) is 0 Å². The van der Waals surface area contributed by atoms with Crippen molar-refractivity contribution in [1.29, 1.82) is 0 Å². The molecule has 1 rings (SSSR count). The lowest BCUT2D eigenvalue weighted by Crippen LogP contribution is -2.45. The van der Waals surface area contributed by atoms with E-state index < -0.39 is 31.0 Å². The van der Waals surface area contributed by atoms with Gasteiger partial charge in [0.25, 0.3) is 0 Å². The first-order valence-corrected chi connectivity index (χ1v) is 5.06. The van der Waals surface area contributed by atoms with Crippen LogP contribution in [0.2, 0.25) is 0 Å². The Kier molecular flexibility index (Phi) is 4.40. The molecule has 0 aromatic carbocycles. The Morgan fingerprint density at radius 3 is 2.56 bits per heavy atom. The number of nitrogens with one attached hydrogen (secondary N) is 1. The molecule has 16 heavy (non-hydrogen) atoms. The second-order valence-electron chi connectivity index (χ2n) is 3.79. The lowest BCUT2D eigenvalue weighted by Gasteiger charge is -2.27. The number of rotatable bonds is 2. The average molecular weight is 241 g/mol. The van der Waals surface area contributed by atoms with Crippen LogP contribution in [0.1, 0.15) is 25.7 Å². The first kappa shape index (κ1) is 13.1. The van der Waals surface area contributed by atoms with Crippen molar-refractivity contribution in [2.45, 2.75) is 44.0 Å². The maximum Gasteiger partial charge on any atom is 0.422 e. The van der Waals surface area contributed by atoms with E-state index in [1.807, 2.05) is 0 Å². The van der Waals surface area contributed by atoms with Crippen LogP contribution in [0.3, 0.4) is 0 Å². The standard InChI is InChI=1S/C9H14F3NO3/c10-9(11,12)5-16-8(15)13-6-3-1-2-4-7(6)14/h6-7,14H,1-5H2,(H,13,15). The molecule has 1 amide bonds. The summed E-state index contributed by atoms with van der Waals surface area (Å²) in [6.07, 6.45) is -3.57. The normalized spacial score (nSPS) is 26.2. The summed E-state index contributed by atoms with van der Waals surface area (Å²) in [5.74, 6) is 0. The highest BCUT2D eigenvalue weighted by Gasteiger charge is 2.31. The summed E-state index contributed by atoms with van der Waals surface area (Å²) in [6, 6.07) is -0.505. The SMILES string of the molecule is O=C(NC1CCCCC1O)OCC(F)(F)F. The Morgan fingerprint density at radius 1 is 1.38 bits per heavy atom. The molecule has 0 aromatic rings. The molecule has 0 heterocycles. The Bertz CT molecular complexity index is 245. The number of alkyl halides is 3. The predicted octanol–water partition coefficient (Wildman–Crippen LogP) is 1.58. The Labute approximate surface area is 90.8 Å². The van der Waals surface area contributed by atoms with E-state index in [9.17, 15) is 23.1 Å². The van der Waals surface area contributed by atoms with Crippen LogP contribution >= 0.6 is 0 Å². The van der Waals surface area contributed by atoms with Gasteiger partial charge in [-0.2, -0.15) is 13.2 Å². The maximum absolute atomic E-state index is 11.7. The summed E-state index contributed by atoms with van der Waals surface area (Å²) in [6.45, 7) is -1.61. The number of ether oxygens (including phenoxy) is 1. The summed E-state index contributed by atoms with van der Waals surface area (Å²) in [7, 11) is 0. The van der Waals surface area contributed by atoms with Crippen LogP contribution in [0, 0.1) is 0 Å². The van der Waals surface area contributed by atoms with Gasteiger partial charge in [0.2, 0.25) is 0 Å². The fraction of sp³-hybridized carbons (Fsp3) is 0.889. The molecule has 94 valence electrons. The monoisotopic (exact) mass is 241 g/mol. The van der Waals surface area contributed by atoms with Gasteiger partial charge < -0.3 is 15.2 Å². The molecule has 0 aromatic heterocycles. The predicted molar refractivity (Wildman–Crippen MR) is 48.8 cm³/mol. The number of hydrogen-bond acceptors (Lipinski definition) is 3. The molecular formula is C9H14F3NO3. The first-order chi connectivity index (χ1) is 7.38. The van der Waals surface area contributed by atoms with Crippen LogP contribution in [0.25, 0.3) is 0 Å². The topological polar surface area (TPSA) is 58.6 Å². The average Bonchev–Trinajstić information content (AvgIpc) is 2.18. The number of carbonyl (C=O) groups excluding carboxylic acids is 1. The summed E-state index contributed by atoms with van der Waals surface area (Å²) < 4.78 is 39.1. The molecule has 4 nitrogen and oxygen atoms in total. The van der Waals surface area contributed by atoms with Crippen LogP contribution in [0.5, 0.6) is 0 Å². The molecule has 1 saturated carbocycles. The summed E-state index contributed by atoms with van der Waals surface area (Å²) in [5, 5.41) is 11.7. The van der Waals surface area contributed by atoms with Crippen LogP contribution in [-0.2, 0) is 4.74 Å². The van der Waals surface area contributed by atoms with Crippen molar-refractivity contribution < 1.29 is 27.8 Å². The minimum Gasteiger partial charge on any atom is -0.440 e. The Hall–Kier alpha value is -0.980. The molecule has 1 fully saturated rings. The number of halogens is 3. The van der Waals surface area contributed by atoms with Crippen LogP contribution in [0.15, 0.2) is 0 Å². The van der Waals surface area contributed by atoms with Gasteiger partial charge in [0.1, 0.15) is 0 Å². The van der Waals surface area contributed by atoms with Gasteiger partial charge in [-0.05, 0) is 12.8 Å². The highest BCUT2D eigenvalue weighted by Crippen LogP contribution is 2.19. The fourth-order valence-corrected chi connectivity index (χ4v) is 1.62. The van der Waals surface area contributed by atoms with Crippen molar-refractivity contribution in [2.75, 3.05) is 6.61 Å². The minimum absolute atomic E-state index is 0.505. The third-order valence-electron chi connectivity index (χ3n) is 2.40. The third-order valence-corrected chi connectivity index (χ3v) is 2.40. The van der Waals surface area contributed by atoms with Crippen molar-refractivity contribution >= 4 is 6.09 Å². The number of amides is 1. The van der Waals surface area contributed by atoms with E-state index in [1.54, 1.807) is 0 Å². The number of carbonyl (C=O) groups is 1. The summed E-state index contributed by atoms with van der Waals surface area (Å²) in [4.78, 5) is 11.0. The van der Waals surface area contributed by atoms with E-state index in [0.29, 0.717) is 12.8 Å². The number of hydrogen-bond donors (Lipinski definition) is 2. The van der Waals surface area contributed by atoms with Crippen LogP contribution in [-0.4, -0.2) is 36.1 Å². The molecule has 0 aliphatic heterocycles. The largest absolute Gasteiger partial charge is 0.440 e. The molecule has 0 bridgehead atoms. The van der Waals surface area contributed by atoms with Crippen molar-refractivity contribution in [2.24, 2.45) is 0 Å². The van der Waals surface area contributed by atoms with E-state index in [1.165, 1.54) is 0 Å². The van der Waals surface area contributed by atoms with E-state index in [2.05, 4.69) is 10.1 Å². The molecular weight excluding hydrogens is 227 g/mol. The number of aliphatic hydroxyl groups is 1. The van der Waals surface area contributed by atoms with Crippen molar-refractivity contribution in [3.63, 3.8) is 0 Å². The quantitative estimate of drug-likeness (QED) is 0.771. The molecule has 0 spiro atoms. The molecule has 7 heteroatoms. The van der Waals surface area contributed by atoms with Crippen molar-refractivity contribution in [3.8, 4) is 0 Å². The lowest BCUT2D eigenvalue weighted by molar-refractivity contribution is -0.160. The maximum atomic E-state index is 11.7. The molecule has 0 radical (unpaired) electrons. The van der Waals surface area contributed by atoms with Gasteiger partial charge in [-0.15, -0.1) is 0 Å². The van der Waals surface area contributed by atoms with Gasteiger partial charge in [0, 0.05) is 0 Å². The van der Waals surface area contributed by atoms with Crippen molar-refractivity contribution in [1.82, 2.24) is 5.32 Å². The van der Waals surface area contributed by atoms with Gasteiger partial charge >= 0.3 is 12.3 Å². The molecule has 1 aliphatic carbocycles. The molecule has 2 unspecified atom stereocenters. The zero-order valence-electron chi connectivity index (χ0n) is 8.59. The molecule has 0 saturated heterocycles. The van der Waals surface area contributed by atoms with E-state index in [4.69, 9.17) is 0 Å². The Morgan fingerprint density at radius 2 is 2.00 bits per heavy atom. The first-order valence-electron chi connectivity index (χ1n) is 5.06. The van der Waals surface area contributed by atoms with E-state index in [0.717, 1.165) is 12.8 Å². The minimum atomic E-state index is -4.53. The second-order valence-corrected chi connectivity index (χ2v) is 3.79. The Balaban J connectivity index is 2.28. The molecule has 2 atom stereocenters. The lowest BCUT2D eigenvalue weighted by atomic mass is 9.93. The van der Waals surface area contributed by atoms with E-state index in [-0.39, 0.29) is 0 Å². The van der Waals surface area contributed by atoms with Gasteiger partial charge in [0.05, 0.1) is 12.1 Å². The highest BCUT2D eigenvalue weighted by molar-refractivity contribution is 5.67. The van der Waals surface area contributed by atoms with Gasteiger partial charge in [-0.1, -0.05) is 12.8 Å². The zero-order valence-corrected chi connectivity index (χ0v) is 8.59. The van der Waals surface area contributed by atoms with E-state index >= 15 is 0 Å². The zero-order chi connectivity index (χ0) is 12.2. The van der Waals surface area contributed by atoms with Crippen LogP contribution in [0.4, 0.5) is 18.0 Å². The summed E-state index contributed by atoms with van der Waals surface area (Å²) in [5.41, 5.74) is 0.